The molecule has 2 N–H and O–H groups in total. The van der Waals surface area contributed by atoms with Crippen LogP contribution in [0.25, 0.3) is 10.8 Å². The summed E-state index contributed by atoms with van der Waals surface area (Å²) in [5.74, 6) is -1.01. The third-order valence-electron chi connectivity index (χ3n) is 4.41. The SMILES string of the molecule is Cc1ccc(C(=O)Oc2cc(N)n(S(=O)(=O)c3ccc4ccccc4c3)n2)cc1. The van der Waals surface area contributed by atoms with E-state index in [0.717, 1.165) is 16.3 Å². The minimum Gasteiger partial charge on any atom is -0.402 e. The minimum atomic E-state index is -4.06. The van der Waals surface area contributed by atoms with Gasteiger partial charge >= 0.3 is 5.97 Å². The number of esters is 1. The molecule has 0 bridgehead atoms. The van der Waals surface area contributed by atoms with Crippen LogP contribution in [0.3, 0.4) is 0 Å². The zero-order chi connectivity index (χ0) is 20.6. The van der Waals surface area contributed by atoms with Crippen LogP contribution in [-0.4, -0.2) is 23.6 Å². The number of anilines is 1. The van der Waals surface area contributed by atoms with E-state index in [2.05, 4.69) is 5.10 Å². The van der Waals surface area contributed by atoms with E-state index >= 15 is 0 Å². The van der Waals surface area contributed by atoms with Crippen molar-refractivity contribution in [3.8, 4) is 5.88 Å². The van der Waals surface area contributed by atoms with Crippen LogP contribution >= 0.6 is 0 Å². The second-order valence-electron chi connectivity index (χ2n) is 6.52. The maximum atomic E-state index is 13.0. The Morgan fingerprint density at radius 2 is 1.66 bits per heavy atom. The van der Waals surface area contributed by atoms with Gasteiger partial charge in [0.15, 0.2) is 0 Å². The fourth-order valence-corrected chi connectivity index (χ4v) is 4.11. The monoisotopic (exact) mass is 407 g/mol. The topological polar surface area (TPSA) is 104 Å². The Morgan fingerprint density at radius 3 is 2.38 bits per heavy atom. The number of nitrogens with zero attached hydrogens (tertiary/aromatic N) is 2. The number of carbonyl (C=O) groups is 1. The molecule has 0 amide bonds. The third kappa shape index (κ3) is 3.57. The lowest BCUT2D eigenvalue weighted by Crippen LogP contribution is -2.17. The molecular formula is C21H17N3O4S. The van der Waals surface area contributed by atoms with Gasteiger partial charge in [0.05, 0.1) is 10.5 Å². The molecule has 146 valence electrons. The van der Waals surface area contributed by atoms with Crippen molar-refractivity contribution in [3.05, 3.63) is 83.9 Å². The van der Waals surface area contributed by atoms with Crippen molar-refractivity contribution in [1.29, 1.82) is 0 Å². The van der Waals surface area contributed by atoms with Gasteiger partial charge in [-0.05, 0) is 42.0 Å². The Kier molecular flexibility index (Phi) is 4.56. The number of nitrogen functional groups attached to an aromatic ring is 1. The van der Waals surface area contributed by atoms with E-state index in [1.807, 2.05) is 31.2 Å². The number of hydrogen-bond acceptors (Lipinski definition) is 6. The van der Waals surface area contributed by atoms with Gasteiger partial charge in [-0.1, -0.05) is 48.0 Å². The van der Waals surface area contributed by atoms with Crippen LogP contribution in [0.15, 0.2) is 77.7 Å². The molecule has 8 heteroatoms. The first-order valence-electron chi connectivity index (χ1n) is 8.73. The molecule has 0 atom stereocenters. The van der Waals surface area contributed by atoms with Crippen molar-refractivity contribution >= 4 is 32.6 Å². The van der Waals surface area contributed by atoms with Gasteiger partial charge in [0.25, 0.3) is 10.0 Å². The smallest absolute Gasteiger partial charge is 0.344 e. The van der Waals surface area contributed by atoms with Crippen LogP contribution in [0, 0.1) is 6.92 Å². The molecule has 0 saturated heterocycles. The van der Waals surface area contributed by atoms with E-state index in [0.29, 0.717) is 9.65 Å². The van der Waals surface area contributed by atoms with E-state index in [1.165, 1.54) is 12.1 Å². The Balaban J connectivity index is 1.65. The Hall–Kier alpha value is -3.65. The van der Waals surface area contributed by atoms with Crippen LogP contribution in [0.4, 0.5) is 5.82 Å². The molecule has 29 heavy (non-hydrogen) atoms. The average molecular weight is 407 g/mol. The van der Waals surface area contributed by atoms with Gasteiger partial charge in [-0.25, -0.2) is 4.79 Å². The highest BCUT2D eigenvalue weighted by atomic mass is 32.2. The average Bonchev–Trinajstić information content (AvgIpc) is 3.09. The molecule has 0 radical (unpaired) electrons. The summed E-state index contributed by atoms with van der Waals surface area (Å²) in [5, 5.41) is 5.56. The molecule has 0 aliphatic carbocycles. The predicted molar refractivity (Wildman–Crippen MR) is 109 cm³/mol. The summed E-state index contributed by atoms with van der Waals surface area (Å²) < 4.78 is 31.8. The lowest BCUT2D eigenvalue weighted by Gasteiger charge is -2.07. The first-order chi connectivity index (χ1) is 13.8. The van der Waals surface area contributed by atoms with Crippen molar-refractivity contribution in [2.75, 3.05) is 5.73 Å². The molecule has 3 aromatic carbocycles. The molecule has 1 heterocycles. The molecular weight excluding hydrogens is 390 g/mol. The summed E-state index contributed by atoms with van der Waals surface area (Å²) in [6, 6.07) is 20.1. The molecule has 4 rings (SSSR count). The number of carbonyl (C=O) groups excluding carboxylic acids is 1. The van der Waals surface area contributed by atoms with Crippen LogP contribution in [0.1, 0.15) is 15.9 Å². The molecule has 4 aromatic rings. The second-order valence-corrected chi connectivity index (χ2v) is 8.29. The van der Waals surface area contributed by atoms with Gasteiger partial charge in [-0.3, -0.25) is 0 Å². The predicted octanol–water partition coefficient (Wildman–Crippen LogP) is 3.38. The van der Waals surface area contributed by atoms with Crippen molar-refractivity contribution in [2.24, 2.45) is 0 Å². The number of aryl methyl sites for hydroxylation is 1. The van der Waals surface area contributed by atoms with Crippen molar-refractivity contribution in [2.45, 2.75) is 11.8 Å². The van der Waals surface area contributed by atoms with Crippen LogP contribution in [0.2, 0.25) is 0 Å². The number of hydrogen-bond donors (Lipinski definition) is 1. The largest absolute Gasteiger partial charge is 0.402 e. The van der Waals surface area contributed by atoms with Crippen LogP contribution in [0.5, 0.6) is 5.88 Å². The number of fused-ring (bicyclic) bond motifs is 1. The number of aromatic nitrogens is 2. The number of ether oxygens (including phenoxy) is 1. The molecule has 0 aliphatic rings. The summed E-state index contributed by atoms with van der Waals surface area (Å²) in [5.41, 5.74) is 7.16. The van der Waals surface area contributed by atoms with Gasteiger partial charge in [0, 0.05) is 6.07 Å². The molecule has 1 aromatic heterocycles. The van der Waals surface area contributed by atoms with Crippen LogP contribution < -0.4 is 10.5 Å². The first-order valence-corrected chi connectivity index (χ1v) is 10.2. The van der Waals surface area contributed by atoms with Crippen molar-refractivity contribution in [1.82, 2.24) is 9.19 Å². The third-order valence-corrected chi connectivity index (χ3v) is 6.01. The summed E-state index contributed by atoms with van der Waals surface area (Å²) in [6.07, 6.45) is 0. The number of nitrogens with two attached hydrogens (primary N) is 1. The van der Waals surface area contributed by atoms with E-state index in [4.69, 9.17) is 10.5 Å². The van der Waals surface area contributed by atoms with Gasteiger partial charge < -0.3 is 10.5 Å². The minimum absolute atomic E-state index is 0.0300. The molecule has 0 spiro atoms. The quantitative estimate of drug-likeness (QED) is 0.520. The van der Waals surface area contributed by atoms with E-state index in [1.54, 1.807) is 36.4 Å². The fourth-order valence-electron chi connectivity index (χ4n) is 2.87. The lowest BCUT2D eigenvalue weighted by molar-refractivity contribution is 0.0727. The maximum absolute atomic E-state index is 13.0. The van der Waals surface area contributed by atoms with Crippen molar-refractivity contribution < 1.29 is 17.9 Å². The van der Waals surface area contributed by atoms with Gasteiger partial charge in [0.1, 0.15) is 5.82 Å². The lowest BCUT2D eigenvalue weighted by atomic mass is 10.1. The van der Waals surface area contributed by atoms with E-state index < -0.39 is 16.0 Å². The van der Waals surface area contributed by atoms with E-state index in [-0.39, 0.29) is 16.6 Å². The highest BCUT2D eigenvalue weighted by molar-refractivity contribution is 7.90. The molecule has 7 nitrogen and oxygen atoms in total. The fraction of sp³-hybridized carbons (Fsp3) is 0.0476. The van der Waals surface area contributed by atoms with Gasteiger partial charge in [-0.15, -0.1) is 9.19 Å². The number of benzene rings is 3. The Morgan fingerprint density at radius 1 is 0.966 bits per heavy atom. The highest BCUT2D eigenvalue weighted by Gasteiger charge is 2.23. The normalized spacial score (nSPS) is 11.5. The summed E-state index contributed by atoms with van der Waals surface area (Å²) in [6.45, 7) is 1.90. The Labute approximate surface area is 167 Å². The van der Waals surface area contributed by atoms with Gasteiger partial charge in [-0.2, -0.15) is 8.42 Å². The van der Waals surface area contributed by atoms with E-state index in [9.17, 15) is 13.2 Å². The van der Waals surface area contributed by atoms with Gasteiger partial charge in [0.2, 0.25) is 5.88 Å². The molecule has 0 unspecified atom stereocenters. The summed E-state index contributed by atoms with van der Waals surface area (Å²) >= 11 is 0. The summed E-state index contributed by atoms with van der Waals surface area (Å²) in [4.78, 5) is 12.3. The van der Waals surface area contributed by atoms with Crippen LogP contribution in [-0.2, 0) is 10.0 Å². The molecule has 0 fully saturated rings. The molecule has 0 aliphatic heterocycles. The zero-order valence-corrected chi connectivity index (χ0v) is 16.3. The molecule has 0 saturated carbocycles. The standard InChI is InChI=1S/C21H17N3O4S/c1-14-6-8-16(9-7-14)21(25)28-20-13-19(22)24(23-20)29(26,27)18-11-10-15-4-2-3-5-17(15)12-18/h2-13H,22H2,1H3. The maximum Gasteiger partial charge on any atom is 0.344 e. The Bertz CT molecular complexity index is 1330. The van der Waals surface area contributed by atoms with Crippen molar-refractivity contribution in [3.63, 3.8) is 0 Å². The number of rotatable bonds is 4. The highest BCUT2D eigenvalue weighted by Crippen LogP contribution is 2.24. The second kappa shape index (κ2) is 7.06. The zero-order valence-electron chi connectivity index (χ0n) is 15.4. The summed E-state index contributed by atoms with van der Waals surface area (Å²) in [7, 11) is -4.06. The first kappa shape index (κ1) is 18.7.